The van der Waals surface area contributed by atoms with Gasteiger partial charge in [-0.15, -0.1) is 0 Å². The average molecular weight is 350 g/mol. The molecule has 2 heterocycles. The Balaban J connectivity index is 1.85. The molecule has 132 valence electrons. The lowest BCUT2D eigenvalue weighted by Crippen LogP contribution is -2.30. The maximum atomic E-state index is 11.3. The molecule has 0 radical (unpaired) electrons. The van der Waals surface area contributed by atoms with Crippen LogP contribution in [0.25, 0.3) is 0 Å². The minimum atomic E-state index is -0.679. The Morgan fingerprint density at radius 1 is 1.17 bits per heavy atom. The number of ether oxygens (including phenoxy) is 3. The molecule has 24 heavy (non-hydrogen) atoms. The minimum absolute atomic E-state index is 0.0857. The van der Waals surface area contributed by atoms with E-state index >= 15 is 0 Å². The second-order valence-corrected chi connectivity index (χ2v) is 9.16. The molecule has 2 saturated heterocycles. The Morgan fingerprint density at radius 3 is 2.46 bits per heavy atom. The van der Waals surface area contributed by atoms with Gasteiger partial charge in [0.15, 0.2) is 12.1 Å². The van der Waals surface area contributed by atoms with Crippen molar-refractivity contribution in [2.24, 2.45) is 0 Å². The van der Waals surface area contributed by atoms with Crippen molar-refractivity contribution in [3.05, 3.63) is 29.3 Å². The zero-order valence-corrected chi connectivity index (χ0v) is 16.0. The van der Waals surface area contributed by atoms with E-state index in [0.29, 0.717) is 0 Å². The predicted octanol–water partition coefficient (Wildman–Crippen LogP) is 3.83. The third-order valence-electron chi connectivity index (χ3n) is 4.48. The first-order chi connectivity index (χ1) is 11.1. The van der Waals surface area contributed by atoms with Gasteiger partial charge in [-0.3, -0.25) is 0 Å². The van der Waals surface area contributed by atoms with Crippen LogP contribution in [0, 0.1) is 6.92 Å². The Bertz CT molecular complexity index is 635. The van der Waals surface area contributed by atoms with Crippen molar-refractivity contribution in [1.29, 1.82) is 0 Å². The Labute approximate surface area is 148 Å². The molecule has 2 fully saturated rings. The lowest BCUT2D eigenvalue weighted by atomic mass is 9.87. The highest BCUT2D eigenvalue weighted by molar-refractivity contribution is 7.99. The summed E-state index contributed by atoms with van der Waals surface area (Å²) >= 11 is 1.62. The van der Waals surface area contributed by atoms with Gasteiger partial charge in [0.2, 0.25) is 0 Å². The van der Waals surface area contributed by atoms with Crippen molar-refractivity contribution in [3.8, 4) is 0 Å². The van der Waals surface area contributed by atoms with E-state index in [2.05, 4.69) is 45.9 Å². The van der Waals surface area contributed by atoms with Crippen molar-refractivity contribution in [1.82, 2.24) is 0 Å². The summed E-state index contributed by atoms with van der Waals surface area (Å²) in [4.78, 5) is 12.5. The minimum Gasteiger partial charge on any atom is -0.351 e. The third-order valence-corrected chi connectivity index (χ3v) is 5.78. The number of carbonyl (C=O) groups excluding carboxylic acids is 1. The van der Waals surface area contributed by atoms with Crippen LogP contribution < -0.4 is 0 Å². The highest BCUT2D eigenvalue weighted by Gasteiger charge is 2.55. The number of thioether (sulfide) groups is 1. The van der Waals surface area contributed by atoms with Gasteiger partial charge in [0, 0.05) is 4.90 Å². The van der Waals surface area contributed by atoms with E-state index in [1.807, 2.05) is 13.8 Å². The number of benzene rings is 1. The lowest BCUT2D eigenvalue weighted by molar-refractivity contribution is -0.177. The molecule has 0 spiro atoms. The van der Waals surface area contributed by atoms with Crippen molar-refractivity contribution in [2.75, 3.05) is 0 Å². The number of aryl methyl sites for hydroxylation is 1. The van der Waals surface area contributed by atoms with E-state index in [-0.39, 0.29) is 23.1 Å². The Hall–Kier alpha value is -0.880. The molecule has 5 heteroatoms. The Kier molecular flexibility index (Phi) is 4.58. The van der Waals surface area contributed by atoms with Crippen LogP contribution in [0.15, 0.2) is 23.1 Å². The summed E-state index contributed by atoms with van der Waals surface area (Å²) in [5.74, 6) is -0.679. The van der Waals surface area contributed by atoms with E-state index in [9.17, 15) is 4.79 Å². The van der Waals surface area contributed by atoms with E-state index in [4.69, 9.17) is 14.2 Å². The predicted molar refractivity (Wildman–Crippen MR) is 94.3 cm³/mol. The fraction of sp³-hybridized carbons (Fsp3) is 0.632. The standard InChI is InChI=1S/C19H26O4S/c1-11-7-8-12(18(2,3)4)9-14(11)24-17-16-15(13(10-20)21-17)22-19(5,6)23-16/h7-10,13,15-17H,1-6H3/t13-,15-,16-,17+/m1/s1. The maximum Gasteiger partial charge on any atom is 0.164 e. The number of fused-ring (bicyclic) bond motifs is 1. The van der Waals surface area contributed by atoms with Gasteiger partial charge < -0.3 is 19.0 Å². The summed E-state index contributed by atoms with van der Waals surface area (Å²) in [6.45, 7) is 12.4. The van der Waals surface area contributed by atoms with E-state index in [0.717, 1.165) is 11.2 Å². The fourth-order valence-corrected chi connectivity index (χ4v) is 4.34. The van der Waals surface area contributed by atoms with Crippen LogP contribution in [0.5, 0.6) is 0 Å². The van der Waals surface area contributed by atoms with Gasteiger partial charge in [0.1, 0.15) is 23.7 Å². The fourth-order valence-electron chi connectivity index (χ4n) is 3.11. The van der Waals surface area contributed by atoms with Crippen molar-refractivity contribution in [3.63, 3.8) is 0 Å². The topological polar surface area (TPSA) is 44.8 Å². The molecule has 2 aliphatic heterocycles. The number of hydrogen-bond acceptors (Lipinski definition) is 5. The summed E-state index contributed by atoms with van der Waals surface area (Å²) in [5, 5.41) is 0. The zero-order valence-electron chi connectivity index (χ0n) is 15.2. The van der Waals surface area contributed by atoms with Crippen LogP contribution in [0.3, 0.4) is 0 Å². The molecule has 1 aromatic rings. The van der Waals surface area contributed by atoms with Gasteiger partial charge in [0.05, 0.1) is 0 Å². The van der Waals surface area contributed by atoms with Gasteiger partial charge in [-0.05, 0) is 43.4 Å². The normalized spacial score (nSPS) is 31.9. The average Bonchev–Trinajstić information content (AvgIpc) is 2.94. The summed E-state index contributed by atoms with van der Waals surface area (Å²) in [6, 6.07) is 6.53. The van der Waals surface area contributed by atoms with Crippen LogP contribution in [-0.2, 0) is 24.4 Å². The maximum absolute atomic E-state index is 11.3. The molecule has 2 aliphatic rings. The molecule has 0 amide bonds. The molecule has 0 N–H and O–H groups in total. The van der Waals surface area contributed by atoms with Crippen LogP contribution >= 0.6 is 11.8 Å². The molecule has 1 aromatic carbocycles. The number of aldehydes is 1. The Morgan fingerprint density at radius 2 is 1.83 bits per heavy atom. The molecule has 3 rings (SSSR count). The second-order valence-electron chi connectivity index (χ2n) is 8.02. The molecule has 0 bridgehead atoms. The monoisotopic (exact) mass is 350 g/mol. The van der Waals surface area contributed by atoms with Crippen LogP contribution in [0.4, 0.5) is 0 Å². The van der Waals surface area contributed by atoms with Crippen molar-refractivity contribution >= 4 is 18.0 Å². The summed E-state index contributed by atoms with van der Waals surface area (Å²) in [7, 11) is 0. The van der Waals surface area contributed by atoms with Gasteiger partial charge in [-0.2, -0.15) is 0 Å². The first kappa shape index (κ1) is 17.9. The third kappa shape index (κ3) is 3.40. The quantitative estimate of drug-likeness (QED) is 0.775. The molecule has 0 aliphatic carbocycles. The van der Waals surface area contributed by atoms with E-state index in [1.54, 1.807) is 11.8 Å². The van der Waals surface area contributed by atoms with Gasteiger partial charge >= 0.3 is 0 Å². The first-order valence-electron chi connectivity index (χ1n) is 8.35. The lowest BCUT2D eigenvalue weighted by Gasteiger charge is -2.24. The number of hydrogen-bond donors (Lipinski definition) is 0. The SMILES string of the molecule is Cc1ccc(C(C)(C)C)cc1S[C@@H]1O[C@H](C=O)[C@H]2OC(C)(C)O[C@H]21. The highest BCUT2D eigenvalue weighted by atomic mass is 32.2. The number of carbonyl (C=O) groups is 1. The second kappa shape index (κ2) is 6.13. The molecular formula is C19H26O4S. The van der Waals surface area contributed by atoms with E-state index in [1.165, 1.54) is 11.1 Å². The summed E-state index contributed by atoms with van der Waals surface area (Å²) in [5.41, 5.74) is 2.31. The van der Waals surface area contributed by atoms with Crippen molar-refractivity contribution < 1.29 is 19.0 Å². The molecule has 4 nitrogen and oxygen atoms in total. The number of rotatable bonds is 3. The van der Waals surface area contributed by atoms with Crippen LogP contribution in [0.2, 0.25) is 0 Å². The molecule has 0 saturated carbocycles. The van der Waals surface area contributed by atoms with Gasteiger partial charge in [0.25, 0.3) is 0 Å². The molecule has 0 aromatic heterocycles. The van der Waals surface area contributed by atoms with Crippen LogP contribution in [-0.4, -0.2) is 35.8 Å². The zero-order chi connectivity index (χ0) is 17.7. The smallest absolute Gasteiger partial charge is 0.164 e. The summed E-state index contributed by atoms with van der Waals surface area (Å²) < 4.78 is 17.8. The van der Waals surface area contributed by atoms with Crippen molar-refractivity contribution in [2.45, 2.75) is 81.4 Å². The van der Waals surface area contributed by atoms with Gasteiger partial charge in [-0.25, -0.2) is 0 Å². The van der Waals surface area contributed by atoms with Crippen LogP contribution in [0.1, 0.15) is 45.7 Å². The first-order valence-corrected chi connectivity index (χ1v) is 9.23. The highest BCUT2D eigenvalue weighted by Crippen LogP contribution is 2.44. The molecular weight excluding hydrogens is 324 g/mol. The van der Waals surface area contributed by atoms with Gasteiger partial charge in [-0.1, -0.05) is 44.7 Å². The summed E-state index contributed by atoms with van der Waals surface area (Å²) in [6.07, 6.45) is -0.319. The largest absolute Gasteiger partial charge is 0.351 e. The molecule has 4 atom stereocenters. The molecule has 0 unspecified atom stereocenters. The van der Waals surface area contributed by atoms with E-state index < -0.39 is 11.9 Å².